The van der Waals surface area contributed by atoms with Gasteiger partial charge in [-0.2, -0.15) is 0 Å². The summed E-state index contributed by atoms with van der Waals surface area (Å²) in [4.78, 5) is 38.5. The molecule has 0 aromatic rings. The smallest absolute Gasteiger partial charge is 0.306 e. The fraction of sp³-hybridized carbons (Fsp3) is 0.824. The summed E-state index contributed by atoms with van der Waals surface area (Å²) in [5, 5.41) is 0. The van der Waals surface area contributed by atoms with Crippen LogP contribution in [0.15, 0.2) is 60.8 Å². The van der Waals surface area contributed by atoms with Gasteiger partial charge in [0.05, 0.1) is 0 Å². The second kappa shape index (κ2) is 68.6. The van der Waals surface area contributed by atoms with Crippen molar-refractivity contribution in [3.05, 3.63) is 60.8 Å². The maximum Gasteiger partial charge on any atom is 0.306 e. The summed E-state index contributed by atoms with van der Waals surface area (Å²) in [5.74, 6) is -0.870. The van der Waals surface area contributed by atoms with E-state index >= 15 is 0 Å². The van der Waals surface area contributed by atoms with E-state index < -0.39 is 6.10 Å². The first-order valence-corrected chi connectivity index (χ1v) is 35.3. The first kappa shape index (κ1) is 77.1. The molecule has 0 radical (unpaired) electrons. The third kappa shape index (κ3) is 65.9. The second-order valence-electron chi connectivity index (χ2n) is 23.8. The van der Waals surface area contributed by atoms with Crippen LogP contribution in [0.4, 0.5) is 0 Å². The fourth-order valence-corrected chi connectivity index (χ4v) is 10.4. The highest BCUT2D eigenvalue weighted by Gasteiger charge is 2.19. The highest BCUT2D eigenvalue weighted by atomic mass is 16.6. The van der Waals surface area contributed by atoms with Gasteiger partial charge in [0.15, 0.2) is 6.10 Å². The number of esters is 3. The molecule has 0 bridgehead atoms. The van der Waals surface area contributed by atoms with Crippen LogP contribution >= 0.6 is 0 Å². The van der Waals surface area contributed by atoms with Gasteiger partial charge in [-0.25, -0.2) is 0 Å². The SMILES string of the molecule is CCCCC/C=C\C/C=C\CCCCCCCCCCCC(=O)OCC(COC(=O)CCCCCCCCCCCCCCCCCCCCCCCC)OC(=O)CCCCCCCC/C=C\C/C=C\C/C=C\CCCCCCC. The molecule has 0 aromatic carbocycles. The number of rotatable bonds is 65. The van der Waals surface area contributed by atoms with Crippen molar-refractivity contribution in [2.45, 2.75) is 380 Å². The average molecular weight is 1120 g/mol. The molecular weight excluding hydrogens is 985 g/mol. The normalized spacial score (nSPS) is 12.4. The zero-order valence-electron chi connectivity index (χ0n) is 53.6. The Morgan fingerprint density at radius 1 is 0.250 bits per heavy atom. The molecule has 0 aliphatic carbocycles. The third-order valence-electron chi connectivity index (χ3n) is 15.7. The first-order valence-electron chi connectivity index (χ1n) is 35.3. The maximum atomic E-state index is 13.0. The number of carbonyl (C=O) groups is 3. The molecule has 6 heteroatoms. The summed E-state index contributed by atoms with van der Waals surface area (Å²) in [7, 11) is 0. The first-order chi connectivity index (χ1) is 39.5. The topological polar surface area (TPSA) is 78.9 Å². The minimum absolute atomic E-state index is 0.0773. The van der Waals surface area contributed by atoms with Crippen molar-refractivity contribution >= 4 is 17.9 Å². The van der Waals surface area contributed by atoms with Gasteiger partial charge in [0.1, 0.15) is 13.2 Å². The van der Waals surface area contributed by atoms with Gasteiger partial charge in [0, 0.05) is 19.3 Å². The highest BCUT2D eigenvalue weighted by molar-refractivity contribution is 5.71. The van der Waals surface area contributed by atoms with Crippen LogP contribution in [-0.4, -0.2) is 37.2 Å². The van der Waals surface area contributed by atoms with Gasteiger partial charge in [-0.05, 0) is 89.9 Å². The van der Waals surface area contributed by atoms with Crippen LogP contribution in [0, 0.1) is 0 Å². The highest BCUT2D eigenvalue weighted by Crippen LogP contribution is 2.18. The standard InChI is InChI=1S/C74H134O6/c1-4-7-10-13-16-19-22-25-28-31-34-36-38-40-43-46-49-52-55-58-61-64-67-73(76)79-70-71(69-78-72(75)66-63-60-57-54-51-48-45-42-39-33-30-27-24-21-18-15-12-9-6-3)80-74(77)68-65-62-59-56-53-50-47-44-41-37-35-32-29-26-23-20-17-14-11-8-5-2/h18,21,23,26-27,30,32,35,41,44,71H,4-17,19-20,22,24-25,28-29,31,33-34,36-40,42-43,45-70H2,1-3H3/b21-18-,26-23-,30-27-,35-32-,44-41-. The van der Waals surface area contributed by atoms with Crippen LogP contribution in [0.3, 0.4) is 0 Å². The fourth-order valence-electron chi connectivity index (χ4n) is 10.4. The van der Waals surface area contributed by atoms with E-state index in [1.807, 2.05) is 0 Å². The molecular formula is C74H134O6. The number of hydrogen-bond acceptors (Lipinski definition) is 6. The summed E-state index contributed by atoms with van der Waals surface area (Å²) in [6.07, 6.45) is 88.1. The van der Waals surface area contributed by atoms with E-state index in [4.69, 9.17) is 14.2 Å². The van der Waals surface area contributed by atoms with Crippen LogP contribution in [0.1, 0.15) is 374 Å². The third-order valence-corrected chi connectivity index (χ3v) is 15.7. The Morgan fingerprint density at radius 3 is 0.725 bits per heavy atom. The van der Waals surface area contributed by atoms with E-state index in [1.54, 1.807) is 0 Å². The molecule has 80 heavy (non-hydrogen) atoms. The Hall–Kier alpha value is -2.89. The molecule has 1 atom stereocenters. The van der Waals surface area contributed by atoms with E-state index in [9.17, 15) is 14.4 Å². The molecule has 0 rings (SSSR count). The van der Waals surface area contributed by atoms with Gasteiger partial charge in [0.25, 0.3) is 0 Å². The van der Waals surface area contributed by atoms with Crippen molar-refractivity contribution in [3.63, 3.8) is 0 Å². The average Bonchev–Trinajstić information content (AvgIpc) is 3.46. The lowest BCUT2D eigenvalue weighted by Crippen LogP contribution is -2.30. The van der Waals surface area contributed by atoms with Gasteiger partial charge in [0.2, 0.25) is 0 Å². The largest absolute Gasteiger partial charge is 0.462 e. The van der Waals surface area contributed by atoms with E-state index in [1.165, 1.54) is 244 Å². The zero-order chi connectivity index (χ0) is 57.8. The summed E-state index contributed by atoms with van der Waals surface area (Å²) >= 11 is 0. The van der Waals surface area contributed by atoms with Crippen LogP contribution in [0.5, 0.6) is 0 Å². The molecule has 1 unspecified atom stereocenters. The Labute approximate surface area is 498 Å². The van der Waals surface area contributed by atoms with Crippen LogP contribution in [0.25, 0.3) is 0 Å². The molecule has 0 saturated heterocycles. The van der Waals surface area contributed by atoms with Crippen molar-refractivity contribution < 1.29 is 28.6 Å². The maximum absolute atomic E-state index is 13.0. The predicted molar refractivity (Wildman–Crippen MR) is 348 cm³/mol. The molecule has 6 nitrogen and oxygen atoms in total. The molecule has 0 aliphatic heterocycles. The van der Waals surface area contributed by atoms with E-state index in [-0.39, 0.29) is 31.1 Å². The van der Waals surface area contributed by atoms with Gasteiger partial charge < -0.3 is 14.2 Å². The minimum Gasteiger partial charge on any atom is -0.462 e. The van der Waals surface area contributed by atoms with Gasteiger partial charge in [-0.3, -0.25) is 14.4 Å². The summed E-state index contributed by atoms with van der Waals surface area (Å²) in [6.45, 7) is 6.66. The van der Waals surface area contributed by atoms with Gasteiger partial charge >= 0.3 is 17.9 Å². The van der Waals surface area contributed by atoms with Crippen LogP contribution in [0.2, 0.25) is 0 Å². The Morgan fingerprint density at radius 2 is 0.450 bits per heavy atom. The van der Waals surface area contributed by atoms with E-state index in [0.29, 0.717) is 19.3 Å². The number of ether oxygens (including phenoxy) is 3. The van der Waals surface area contributed by atoms with Crippen molar-refractivity contribution in [3.8, 4) is 0 Å². The molecule has 0 fully saturated rings. The van der Waals surface area contributed by atoms with Gasteiger partial charge in [-0.15, -0.1) is 0 Å². The summed E-state index contributed by atoms with van der Waals surface area (Å²) in [6, 6.07) is 0. The summed E-state index contributed by atoms with van der Waals surface area (Å²) < 4.78 is 17.0. The lowest BCUT2D eigenvalue weighted by Gasteiger charge is -2.18. The molecule has 0 spiro atoms. The summed E-state index contributed by atoms with van der Waals surface area (Å²) in [5.41, 5.74) is 0. The Balaban J connectivity index is 4.36. The van der Waals surface area contributed by atoms with Crippen molar-refractivity contribution in [2.24, 2.45) is 0 Å². The van der Waals surface area contributed by atoms with E-state index in [2.05, 4.69) is 81.5 Å². The molecule has 0 N–H and O–H groups in total. The second-order valence-corrected chi connectivity index (χ2v) is 23.8. The Bertz CT molecular complexity index is 1430. The molecule has 0 saturated carbocycles. The molecule has 0 aromatic heterocycles. The minimum atomic E-state index is -0.784. The molecule has 466 valence electrons. The number of hydrogen-bond donors (Lipinski definition) is 0. The number of carbonyl (C=O) groups excluding carboxylic acids is 3. The van der Waals surface area contributed by atoms with E-state index in [0.717, 1.165) is 89.9 Å². The Kier molecular flexibility index (Phi) is 66.1. The number of unbranched alkanes of at least 4 members (excludes halogenated alkanes) is 44. The van der Waals surface area contributed by atoms with Crippen molar-refractivity contribution in [1.29, 1.82) is 0 Å². The molecule has 0 amide bonds. The van der Waals surface area contributed by atoms with Gasteiger partial charge in [-0.1, -0.05) is 326 Å². The lowest BCUT2D eigenvalue weighted by molar-refractivity contribution is -0.167. The molecule has 0 heterocycles. The van der Waals surface area contributed by atoms with Crippen LogP contribution < -0.4 is 0 Å². The zero-order valence-corrected chi connectivity index (χ0v) is 53.6. The quantitative estimate of drug-likeness (QED) is 0.0261. The van der Waals surface area contributed by atoms with Crippen molar-refractivity contribution in [1.82, 2.24) is 0 Å². The predicted octanol–water partition coefficient (Wildman–Crippen LogP) is 24.3. The van der Waals surface area contributed by atoms with Crippen LogP contribution in [-0.2, 0) is 28.6 Å². The van der Waals surface area contributed by atoms with Crippen molar-refractivity contribution in [2.75, 3.05) is 13.2 Å². The number of allylic oxidation sites excluding steroid dienone is 10. The monoisotopic (exact) mass is 1120 g/mol. The molecule has 0 aliphatic rings. The lowest BCUT2D eigenvalue weighted by atomic mass is 10.0.